The highest BCUT2D eigenvalue weighted by Gasteiger charge is 2.23. The summed E-state index contributed by atoms with van der Waals surface area (Å²) in [6.45, 7) is 5.93. The van der Waals surface area contributed by atoms with Gasteiger partial charge in [0, 0.05) is 18.7 Å². The molecular formula is C26H30N6O. The van der Waals surface area contributed by atoms with Gasteiger partial charge in [-0.3, -0.25) is 9.69 Å². The summed E-state index contributed by atoms with van der Waals surface area (Å²) in [4.78, 5) is 18.3. The summed E-state index contributed by atoms with van der Waals surface area (Å²) < 4.78 is 2.00. The Morgan fingerprint density at radius 1 is 1.03 bits per heavy atom. The molecule has 0 amide bonds. The van der Waals surface area contributed by atoms with Crippen molar-refractivity contribution in [3.63, 3.8) is 0 Å². The van der Waals surface area contributed by atoms with Crippen molar-refractivity contribution in [2.45, 2.75) is 65.2 Å². The normalized spacial score (nSPS) is 14.5. The minimum atomic E-state index is -0.0407. The predicted molar refractivity (Wildman–Crippen MR) is 129 cm³/mol. The van der Waals surface area contributed by atoms with Gasteiger partial charge in [-0.25, -0.2) is 4.68 Å². The van der Waals surface area contributed by atoms with Crippen molar-refractivity contribution in [3.8, 4) is 0 Å². The van der Waals surface area contributed by atoms with E-state index in [0.29, 0.717) is 25.7 Å². The molecule has 5 rings (SSSR count). The number of tetrazole rings is 1. The molecule has 1 fully saturated rings. The van der Waals surface area contributed by atoms with E-state index in [1.807, 2.05) is 35.9 Å². The summed E-state index contributed by atoms with van der Waals surface area (Å²) in [5.74, 6) is 0.863. The van der Waals surface area contributed by atoms with Crippen LogP contribution in [-0.4, -0.2) is 30.1 Å². The zero-order valence-electron chi connectivity index (χ0n) is 19.3. The lowest BCUT2D eigenvalue weighted by Crippen LogP contribution is -2.28. The van der Waals surface area contributed by atoms with Gasteiger partial charge in [0.05, 0.1) is 18.1 Å². The molecule has 33 heavy (non-hydrogen) atoms. The van der Waals surface area contributed by atoms with Crippen LogP contribution in [0.15, 0.2) is 53.3 Å². The van der Waals surface area contributed by atoms with Gasteiger partial charge in [-0.2, -0.15) is 0 Å². The second-order valence-electron chi connectivity index (χ2n) is 9.27. The SMILES string of the molecule is Cc1ccc(CN(Cc2cc3cccc(C)c3[nH]c2=O)Cc2nnnn2C2CCCC2)cc1. The molecule has 0 spiro atoms. The maximum atomic E-state index is 13.0. The second kappa shape index (κ2) is 9.27. The molecule has 7 heteroatoms. The molecule has 0 radical (unpaired) electrons. The summed E-state index contributed by atoms with van der Waals surface area (Å²) in [6.07, 6.45) is 4.70. The molecule has 7 nitrogen and oxygen atoms in total. The molecule has 4 aromatic rings. The second-order valence-corrected chi connectivity index (χ2v) is 9.27. The van der Waals surface area contributed by atoms with Gasteiger partial charge in [-0.15, -0.1) is 5.10 Å². The van der Waals surface area contributed by atoms with E-state index < -0.39 is 0 Å². The van der Waals surface area contributed by atoms with Crippen LogP contribution in [0.5, 0.6) is 0 Å². The van der Waals surface area contributed by atoms with Crippen LogP contribution >= 0.6 is 0 Å². The first-order valence-corrected chi connectivity index (χ1v) is 11.7. The highest BCUT2D eigenvalue weighted by atomic mass is 16.1. The summed E-state index contributed by atoms with van der Waals surface area (Å²) >= 11 is 0. The summed E-state index contributed by atoms with van der Waals surface area (Å²) in [7, 11) is 0. The fourth-order valence-corrected chi connectivity index (χ4v) is 4.86. The van der Waals surface area contributed by atoms with Gasteiger partial charge in [-0.1, -0.05) is 60.9 Å². The molecular weight excluding hydrogens is 412 g/mol. The number of aromatic nitrogens is 5. The highest BCUT2D eigenvalue weighted by molar-refractivity contribution is 5.81. The molecule has 1 saturated carbocycles. The predicted octanol–water partition coefficient (Wildman–Crippen LogP) is 4.45. The van der Waals surface area contributed by atoms with Crippen molar-refractivity contribution >= 4 is 10.9 Å². The number of aromatic amines is 1. The molecule has 170 valence electrons. The van der Waals surface area contributed by atoms with Crippen LogP contribution in [0.3, 0.4) is 0 Å². The van der Waals surface area contributed by atoms with Gasteiger partial charge in [0.1, 0.15) is 0 Å². The average molecular weight is 443 g/mol. The number of hydrogen-bond acceptors (Lipinski definition) is 5. The molecule has 1 N–H and O–H groups in total. The Bertz CT molecular complexity index is 1300. The number of rotatable bonds is 7. The number of hydrogen-bond donors (Lipinski definition) is 1. The maximum Gasteiger partial charge on any atom is 0.252 e. The molecule has 2 aromatic carbocycles. The smallest absolute Gasteiger partial charge is 0.252 e. The third-order valence-electron chi connectivity index (χ3n) is 6.68. The van der Waals surface area contributed by atoms with E-state index in [1.165, 1.54) is 24.0 Å². The summed E-state index contributed by atoms with van der Waals surface area (Å²) in [5, 5.41) is 13.7. The monoisotopic (exact) mass is 442 g/mol. The molecule has 2 aromatic heterocycles. The summed E-state index contributed by atoms with van der Waals surface area (Å²) in [6, 6.07) is 17.0. The van der Waals surface area contributed by atoms with Crippen LogP contribution < -0.4 is 5.56 Å². The van der Waals surface area contributed by atoms with Crippen LogP contribution in [0.1, 0.15) is 59.8 Å². The van der Waals surface area contributed by atoms with Crippen molar-refractivity contribution < 1.29 is 0 Å². The Balaban J connectivity index is 1.46. The summed E-state index contributed by atoms with van der Waals surface area (Å²) in [5.41, 5.74) is 5.12. The van der Waals surface area contributed by atoms with E-state index >= 15 is 0 Å². The molecule has 0 aliphatic heterocycles. The first-order chi connectivity index (χ1) is 16.1. The largest absolute Gasteiger partial charge is 0.321 e. The van der Waals surface area contributed by atoms with Gasteiger partial charge >= 0.3 is 0 Å². The van der Waals surface area contributed by atoms with Crippen LogP contribution in [0.25, 0.3) is 10.9 Å². The van der Waals surface area contributed by atoms with E-state index in [1.54, 1.807) is 0 Å². The molecule has 0 unspecified atom stereocenters. The van der Waals surface area contributed by atoms with Crippen molar-refractivity contribution in [2.75, 3.05) is 0 Å². The molecule has 2 heterocycles. The number of para-hydroxylation sites is 1. The van der Waals surface area contributed by atoms with Crippen molar-refractivity contribution in [3.05, 3.63) is 87.0 Å². The van der Waals surface area contributed by atoms with Gasteiger partial charge in [0.25, 0.3) is 5.56 Å². The Morgan fingerprint density at radius 3 is 2.61 bits per heavy atom. The Labute approximate surface area is 193 Å². The van der Waals surface area contributed by atoms with Crippen LogP contribution in [-0.2, 0) is 19.6 Å². The van der Waals surface area contributed by atoms with Crippen LogP contribution in [0.2, 0.25) is 0 Å². The minimum Gasteiger partial charge on any atom is -0.321 e. The lowest BCUT2D eigenvalue weighted by Gasteiger charge is -2.23. The van der Waals surface area contributed by atoms with E-state index in [2.05, 4.69) is 56.6 Å². The van der Waals surface area contributed by atoms with Crippen molar-refractivity contribution in [2.24, 2.45) is 0 Å². The highest BCUT2D eigenvalue weighted by Crippen LogP contribution is 2.29. The third-order valence-corrected chi connectivity index (χ3v) is 6.68. The van der Waals surface area contributed by atoms with Gasteiger partial charge in [-0.05, 0) is 59.7 Å². The lowest BCUT2D eigenvalue weighted by molar-refractivity contribution is 0.231. The number of nitrogens with one attached hydrogen (secondary N) is 1. The van der Waals surface area contributed by atoms with Crippen molar-refractivity contribution in [1.29, 1.82) is 0 Å². The lowest BCUT2D eigenvalue weighted by atomic mass is 10.1. The average Bonchev–Trinajstić information content (AvgIpc) is 3.48. The number of benzene rings is 2. The van der Waals surface area contributed by atoms with Gasteiger partial charge < -0.3 is 4.98 Å². The quantitative estimate of drug-likeness (QED) is 0.457. The number of fused-ring (bicyclic) bond motifs is 1. The first kappa shape index (κ1) is 21.5. The Hall–Kier alpha value is -3.32. The topological polar surface area (TPSA) is 79.7 Å². The van der Waals surface area contributed by atoms with Gasteiger partial charge in [0.2, 0.25) is 0 Å². The Kier molecular flexibility index (Phi) is 6.05. The van der Waals surface area contributed by atoms with Crippen LogP contribution in [0, 0.1) is 13.8 Å². The van der Waals surface area contributed by atoms with E-state index in [4.69, 9.17) is 0 Å². The van der Waals surface area contributed by atoms with E-state index in [9.17, 15) is 4.79 Å². The molecule has 1 aliphatic carbocycles. The maximum absolute atomic E-state index is 13.0. The number of H-pyrrole nitrogens is 1. The zero-order valence-corrected chi connectivity index (χ0v) is 19.3. The zero-order chi connectivity index (χ0) is 22.8. The Morgan fingerprint density at radius 2 is 1.82 bits per heavy atom. The van der Waals surface area contributed by atoms with E-state index in [-0.39, 0.29) is 5.56 Å². The third kappa shape index (κ3) is 4.73. The number of aryl methyl sites for hydroxylation is 2. The van der Waals surface area contributed by atoms with E-state index in [0.717, 1.165) is 40.7 Å². The van der Waals surface area contributed by atoms with Gasteiger partial charge in [0.15, 0.2) is 5.82 Å². The first-order valence-electron chi connectivity index (χ1n) is 11.7. The molecule has 0 atom stereocenters. The number of pyridine rings is 1. The fraction of sp³-hybridized carbons (Fsp3) is 0.385. The molecule has 1 aliphatic rings. The van der Waals surface area contributed by atoms with Crippen molar-refractivity contribution in [1.82, 2.24) is 30.1 Å². The minimum absolute atomic E-state index is 0.0407. The number of nitrogens with zero attached hydrogens (tertiary/aromatic N) is 5. The fourth-order valence-electron chi connectivity index (χ4n) is 4.86. The standard InChI is InChI=1S/C26H30N6O/c1-18-10-12-20(13-11-18)15-31(17-24-28-29-30-32(24)23-8-3-4-9-23)16-22-14-21-7-5-6-19(2)25(21)27-26(22)33/h5-7,10-14,23H,3-4,8-9,15-17H2,1-2H3,(H,27,33). The molecule has 0 saturated heterocycles. The molecule has 0 bridgehead atoms. The van der Waals surface area contributed by atoms with Crippen LogP contribution in [0.4, 0.5) is 0 Å².